The number of para-hydroxylation sites is 3. The van der Waals surface area contributed by atoms with Gasteiger partial charge in [-0.05, 0) is 24.3 Å². The molecule has 0 bridgehead atoms. The van der Waals surface area contributed by atoms with Crippen molar-refractivity contribution in [3.8, 4) is 5.75 Å². The first kappa shape index (κ1) is 15.1. The fraction of sp³-hybridized carbons (Fsp3) is 0.222. The Hall–Kier alpha value is -2.82. The summed E-state index contributed by atoms with van der Waals surface area (Å²) in [6, 6.07) is 16.6. The van der Waals surface area contributed by atoms with Gasteiger partial charge >= 0.3 is 0 Å². The Kier molecular flexibility index (Phi) is 4.28. The summed E-state index contributed by atoms with van der Waals surface area (Å²) in [4.78, 5) is 26.3. The number of nitrogens with one attached hydrogen (secondary N) is 1. The van der Waals surface area contributed by atoms with Crippen LogP contribution in [0.15, 0.2) is 54.6 Å². The number of nitrogens with zero attached hydrogens (tertiary/aromatic N) is 1. The second-order valence-electron chi connectivity index (χ2n) is 5.43. The van der Waals surface area contributed by atoms with E-state index < -0.39 is 0 Å². The molecule has 2 aromatic carbocycles. The first-order valence-electron chi connectivity index (χ1n) is 7.48. The van der Waals surface area contributed by atoms with Crippen molar-refractivity contribution in [2.75, 3.05) is 23.9 Å². The minimum atomic E-state index is -0.368. The van der Waals surface area contributed by atoms with Crippen molar-refractivity contribution >= 4 is 23.2 Å². The fourth-order valence-electron chi connectivity index (χ4n) is 2.72. The number of rotatable bonds is 4. The molecule has 5 nitrogen and oxygen atoms in total. The molecule has 1 atom stereocenters. The summed E-state index contributed by atoms with van der Waals surface area (Å²) < 4.78 is 5.23. The zero-order valence-electron chi connectivity index (χ0n) is 12.9. The molecule has 1 N–H and O–H groups in total. The molecule has 118 valence electrons. The summed E-state index contributed by atoms with van der Waals surface area (Å²) in [7, 11) is 1.56. The largest absolute Gasteiger partial charge is 0.495 e. The van der Waals surface area contributed by atoms with Gasteiger partial charge in [0.2, 0.25) is 11.8 Å². The molecule has 0 aliphatic carbocycles. The molecule has 1 heterocycles. The molecular formula is C18H18N2O3. The van der Waals surface area contributed by atoms with E-state index in [2.05, 4.69) is 5.32 Å². The maximum atomic E-state index is 12.5. The SMILES string of the molecule is COc1ccccc1NC(=O)[C@H]1CC(=O)N(c2ccccc2)C1. The lowest BCUT2D eigenvalue weighted by Crippen LogP contribution is -2.28. The molecule has 0 saturated carbocycles. The Bertz CT molecular complexity index is 715. The van der Waals surface area contributed by atoms with Crippen molar-refractivity contribution in [3.63, 3.8) is 0 Å². The number of methoxy groups -OCH3 is 1. The summed E-state index contributed by atoms with van der Waals surface area (Å²) >= 11 is 0. The van der Waals surface area contributed by atoms with Gasteiger partial charge in [0, 0.05) is 18.7 Å². The molecule has 23 heavy (non-hydrogen) atoms. The number of carbonyl (C=O) groups excluding carboxylic acids is 2. The summed E-state index contributed by atoms with van der Waals surface area (Å²) in [6.45, 7) is 0.393. The smallest absolute Gasteiger partial charge is 0.229 e. The van der Waals surface area contributed by atoms with Gasteiger partial charge in [0.1, 0.15) is 5.75 Å². The highest BCUT2D eigenvalue weighted by atomic mass is 16.5. The van der Waals surface area contributed by atoms with Crippen LogP contribution >= 0.6 is 0 Å². The molecular weight excluding hydrogens is 292 g/mol. The third kappa shape index (κ3) is 3.18. The van der Waals surface area contributed by atoms with Crippen molar-refractivity contribution in [1.29, 1.82) is 0 Å². The maximum Gasteiger partial charge on any atom is 0.229 e. The molecule has 3 rings (SSSR count). The number of amides is 2. The van der Waals surface area contributed by atoms with Gasteiger partial charge in [0.15, 0.2) is 0 Å². The second-order valence-corrected chi connectivity index (χ2v) is 5.43. The van der Waals surface area contributed by atoms with Gasteiger partial charge in [0.05, 0.1) is 18.7 Å². The van der Waals surface area contributed by atoms with Gasteiger partial charge in [-0.2, -0.15) is 0 Å². The predicted octanol–water partition coefficient (Wildman–Crippen LogP) is 2.69. The van der Waals surface area contributed by atoms with Crippen LogP contribution in [0.3, 0.4) is 0 Å². The average Bonchev–Trinajstić information content (AvgIpc) is 2.98. The number of ether oxygens (including phenoxy) is 1. The molecule has 0 unspecified atom stereocenters. The summed E-state index contributed by atoms with van der Waals surface area (Å²) in [6.07, 6.45) is 0.218. The Balaban J connectivity index is 1.71. The first-order valence-corrected chi connectivity index (χ1v) is 7.48. The van der Waals surface area contributed by atoms with E-state index in [1.165, 1.54) is 0 Å². The van der Waals surface area contributed by atoms with Crippen LogP contribution in [0.25, 0.3) is 0 Å². The number of carbonyl (C=O) groups is 2. The van der Waals surface area contributed by atoms with Crippen LogP contribution in [0, 0.1) is 5.92 Å². The van der Waals surface area contributed by atoms with Crippen molar-refractivity contribution in [2.24, 2.45) is 5.92 Å². The van der Waals surface area contributed by atoms with Crippen LogP contribution in [0.4, 0.5) is 11.4 Å². The van der Waals surface area contributed by atoms with Crippen molar-refractivity contribution < 1.29 is 14.3 Å². The van der Waals surface area contributed by atoms with Crippen LogP contribution in [-0.2, 0) is 9.59 Å². The van der Waals surface area contributed by atoms with E-state index in [0.717, 1.165) is 5.69 Å². The Morgan fingerprint density at radius 3 is 2.57 bits per heavy atom. The van der Waals surface area contributed by atoms with Crippen LogP contribution in [0.1, 0.15) is 6.42 Å². The normalized spacial score (nSPS) is 17.2. The Labute approximate surface area is 134 Å². The minimum Gasteiger partial charge on any atom is -0.495 e. The fourth-order valence-corrected chi connectivity index (χ4v) is 2.72. The van der Waals surface area contributed by atoms with E-state index in [-0.39, 0.29) is 24.2 Å². The third-order valence-electron chi connectivity index (χ3n) is 3.93. The van der Waals surface area contributed by atoms with Gasteiger partial charge in [-0.3, -0.25) is 9.59 Å². The quantitative estimate of drug-likeness (QED) is 0.944. The number of hydrogen-bond donors (Lipinski definition) is 1. The van der Waals surface area contributed by atoms with Gasteiger partial charge in [-0.1, -0.05) is 30.3 Å². The topological polar surface area (TPSA) is 58.6 Å². The first-order chi connectivity index (χ1) is 11.2. The number of hydrogen-bond acceptors (Lipinski definition) is 3. The molecule has 0 spiro atoms. The lowest BCUT2D eigenvalue weighted by atomic mass is 10.1. The van der Waals surface area contributed by atoms with Crippen molar-refractivity contribution in [3.05, 3.63) is 54.6 Å². The van der Waals surface area contributed by atoms with Crippen LogP contribution in [0.5, 0.6) is 5.75 Å². The molecule has 5 heteroatoms. The van der Waals surface area contributed by atoms with Gasteiger partial charge in [-0.15, -0.1) is 0 Å². The third-order valence-corrected chi connectivity index (χ3v) is 3.93. The van der Waals surface area contributed by atoms with E-state index in [4.69, 9.17) is 4.74 Å². The molecule has 0 radical (unpaired) electrons. The van der Waals surface area contributed by atoms with E-state index in [9.17, 15) is 9.59 Å². The summed E-state index contributed by atoms with van der Waals surface area (Å²) in [5, 5.41) is 2.85. The van der Waals surface area contributed by atoms with Gasteiger partial charge in [0.25, 0.3) is 0 Å². The highest BCUT2D eigenvalue weighted by Crippen LogP contribution is 2.28. The predicted molar refractivity (Wildman–Crippen MR) is 88.5 cm³/mol. The number of benzene rings is 2. The highest BCUT2D eigenvalue weighted by molar-refractivity contribution is 6.03. The highest BCUT2D eigenvalue weighted by Gasteiger charge is 2.35. The van der Waals surface area contributed by atoms with Gasteiger partial charge < -0.3 is 15.0 Å². The number of anilines is 2. The maximum absolute atomic E-state index is 12.5. The van der Waals surface area contributed by atoms with Crippen molar-refractivity contribution in [1.82, 2.24) is 0 Å². The van der Waals surface area contributed by atoms with Gasteiger partial charge in [-0.25, -0.2) is 0 Å². The lowest BCUT2D eigenvalue weighted by molar-refractivity contribution is -0.122. The Morgan fingerprint density at radius 1 is 1.13 bits per heavy atom. The molecule has 1 aliphatic heterocycles. The zero-order chi connectivity index (χ0) is 16.2. The van der Waals surface area contributed by atoms with E-state index in [1.807, 2.05) is 42.5 Å². The second kappa shape index (κ2) is 6.52. The van der Waals surface area contributed by atoms with Crippen molar-refractivity contribution in [2.45, 2.75) is 6.42 Å². The monoisotopic (exact) mass is 310 g/mol. The average molecular weight is 310 g/mol. The molecule has 0 aromatic heterocycles. The van der Waals surface area contributed by atoms with Crippen LogP contribution in [0.2, 0.25) is 0 Å². The van der Waals surface area contributed by atoms with E-state index in [1.54, 1.807) is 24.1 Å². The zero-order valence-corrected chi connectivity index (χ0v) is 12.9. The van der Waals surface area contributed by atoms with E-state index in [0.29, 0.717) is 18.0 Å². The lowest BCUT2D eigenvalue weighted by Gasteiger charge is -2.17. The van der Waals surface area contributed by atoms with Crippen LogP contribution in [-0.4, -0.2) is 25.5 Å². The molecule has 1 aliphatic rings. The summed E-state index contributed by atoms with van der Waals surface area (Å²) in [5.74, 6) is 0.0374. The standard InChI is InChI=1S/C18H18N2O3/c1-23-16-10-6-5-9-15(16)19-18(22)13-11-17(21)20(12-13)14-7-3-2-4-8-14/h2-10,13H,11-12H2,1H3,(H,19,22)/t13-/m0/s1. The molecule has 2 aromatic rings. The Morgan fingerprint density at radius 2 is 1.83 bits per heavy atom. The van der Waals surface area contributed by atoms with E-state index >= 15 is 0 Å². The summed E-state index contributed by atoms with van der Waals surface area (Å²) in [5.41, 5.74) is 1.44. The minimum absolute atomic E-state index is 0.0311. The molecule has 1 saturated heterocycles. The molecule has 1 fully saturated rings. The molecule has 2 amide bonds. The van der Waals surface area contributed by atoms with Crippen LogP contribution < -0.4 is 15.0 Å².